The Morgan fingerprint density at radius 2 is 2.14 bits per heavy atom. The maximum atomic E-state index is 3.52. The molecule has 7 heavy (non-hydrogen) atoms. The third-order valence-electron chi connectivity index (χ3n) is 0.925. The molecule has 42 valence electrons. The number of thioether (sulfide) groups is 1. The van der Waals surface area contributed by atoms with E-state index < -0.39 is 0 Å². The Balaban J connectivity index is 2.40. The van der Waals surface area contributed by atoms with Crippen LogP contribution >= 0.6 is 43.6 Å². The zero-order chi connectivity index (χ0) is 5.33. The lowest BCUT2D eigenvalue weighted by molar-refractivity contribution is 0.911. The first-order valence-corrected chi connectivity index (χ1v) is 4.80. The van der Waals surface area contributed by atoms with Crippen LogP contribution < -0.4 is 0 Å². The minimum atomic E-state index is 0.236. The molecule has 0 saturated carbocycles. The molecule has 0 N–H and O–H groups in total. The van der Waals surface area contributed by atoms with E-state index in [-0.39, 0.29) is 2.57 Å². The molecule has 1 aliphatic heterocycles. The van der Waals surface area contributed by atoms with Gasteiger partial charge >= 0.3 is 0 Å². The van der Waals surface area contributed by atoms with E-state index in [0.29, 0.717) is 0 Å². The molecule has 0 amide bonds. The van der Waals surface area contributed by atoms with Crippen molar-refractivity contribution in [1.82, 2.24) is 0 Å². The van der Waals surface area contributed by atoms with Gasteiger partial charge < -0.3 is 0 Å². The summed E-state index contributed by atoms with van der Waals surface area (Å²) in [6.45, 7) is 0. The molecule has 0 radical (unpaired) electrons. The van der Waals surface area contributed by atoms with Crippen LogP contribution in [0.4, 0.5) is 0 Å². The molecule has 1 aliphatic rings. The Labute approximate surface area is 64.7 Å². The van der Waals surface area contributed by atoms with Gasteiger partial charge in [0.05, 0.1) is 0 Å². The third kappa shape index (κ3) is 1.94. The Kier molecular flexibility index (Phi) is 2.09. The molecule has 3 heteroatoms. The monoisotopic (exact) mass is 244 g/mol. The molecule has 0 atom stereocenters. The van der Waals surface area contributed by atoms with Crippen LogP contribution in [0.5, 0.6) is 0 Å². The molecule has 1 heterocycles. The molecule has 0 bridgehead atoms. The fraction of sp³-hybridized carbons (Fsp3) is 1.00. The summed E-state index contributed by atoms with van der Waals surface area (Å²) in [5.41, 5.74) is 0. The van der Waals surface area contributed by atoms with Crippen LogP contribution in [0.1, 0.15) is 12.8 Å². The van der Waals surface area contributed by atoms with E-state index in [1.807, 2.05) is 11.8 Å². The van der Waals surface area contributed by atoms with Gasteiger partial charge in [0, 0.05) is 0 Å². The molecule has 0 unspecified atom stereocenters. The second-order valence-corrected chi connectivity index (χ2v) is 7.80. The van der Waals surface area contributed by atoms with E-state index >= 15 is 0 Å². The van der Waals surface area contributed by atoms with Crippen LogP contribution in [0, 0.1) is 0 Å². The molecule has 0 aromatic carbocycles. The highest BCUT2D eigenvalue weighted by molar-refractivity contribution is 9.28. The Morgan fingerprint density at radius 1 is 1.43 bits per heavy atom. The molecule has 1 rings (SSSR count). The first-order chi connectivity index (χ1) is 3.21. The zero-order valence-electron chi connectivity index (χ0n) is 3.79. The molecule has 1 saturated heterocycles. The summed E-state index contributed by atoms with van der Waals surface area (Å²) >= 11 is 8.98. The van der Waals surface area contributed by atoms with E-state index in [1.54, 1.807) is 0 Å². The van der Waals surface area contributed by atoms with Crippen LogP contribution in [-0.2, 0) is 0 Å². The second kappa shape index (κ2) is 2.28. The van der Waals surface area contributed by atoms with E-state index in [9.17, 15) is 0 Å². The van der Waals surface area contributed by atoms with Gasteiger partial charge in [-0.25, -0.2) is 0 Å². The molecule has 0 aromatic rings. The summed E-state index contributed by atoms with van der Waals surface area (Å²) in [5.74, 6) is 1.29. The summed E-state index contributed by atoms with van der Waals surface area (Å²) in [4.78, 5) is 0. The average molecular weight is 246 g/mol. The fourth-order valence-electron chi connectivity index (χ4n) is 0.572. The molecular formula is C4H6Br2S. The average Bonchev–Trinajstić information content (AvgIpc) is 1.84. The first kappa shape index (κ1) is 6.43. The van der Waals surface area contributed by atoms with Crippen molar-refractivity contribution in [1.29, 1.82) is 0 Å². The lowest BCUT2D eigenvalue weighted by Crippen LogP contribution is -1.94. The number of hydrogen-bond acceptors (Lipinski definition) is 1. The van der Waals surface area contributed by atoms with Gasteiger partial charge in [-0.3, -0.25) is 0 Å². The zero-order valence-corrected chi connectivity index (χ0v) is 7.77. The minimum Gasteiger partial charge on any atom is -0.132 e. The lowest BCUT2D eigenvalue weighted by atomic mass is 10.4. The Bertz CT molecular complexity index is 64.1. The number of alkyl halides is 2. The van der Waals surface area contributed by atoms with E-state index in [1.165, 1.54) is 18.6 Å². The van der Waals surface area contributed by atoms with Crippen molar-refractivity contribution >= 4 is 43.6 Å². The smallest absolute Gasteiger partial charge is 0.125 e. The highest BCUT2D eigenvalue weighted by Crippen LogP contribution is 2.48. The van der Waals surface area contributed by atoms with Gasteiger partial charge in [0.25, 0.3) is 0 Å². The van der Waals surface area contributed by atoms with Gasteiger partial charge in [-0.05, 0) is 18.6 Å². The number of hydrogen-bond donors (Lipinski definition) is 0. The number of rotatable bonds is 0. The van der Waals surface area contributed by atoms with Crippen molar-refractivity contribution in [3.63, 3.8) is 0 Å². The van der Waals surface area contributed by atoms with Crippen molar-refractivity contribution in [2.75, 3.05) is 5.75 Å². The molecule has 0 spiro atoms. The van der Waals surface area contributed by atoms with Gasteiger partial charge in [0.2, 0.25) is 0 Å². The van der Waals surface area contributed by atoms with E-state index in [4.69, 9.17) is 0 Å². The van der Waals surface area contributed by atoms with Crippen molar-refractivity contribution < 1.29 is 0 Å². The summed E-state index contributed by atoms with van der Waals surface area (Å²) in [5, 5.41) is 0. The summed E-state index contributed by atoms with van der Waals surface area (Å²) in [6.07, 6.45) is 2.58. The maximum Gasteiger partial charge on any atom is 0.125 e. The molecular weight excluding hydrogens is 240 g/mol. The van der Waals surface area contributed by atoms with Gasteiger partial charge in [-0.15, -0.1) is 11.8 Å². The van der Waals surface area contributed by atoms with Crippen molar-refractivity contribution in [3.8, 4) is 0 Å². The highest BCUT2D eigenvalue weighted by atomic mass is 79.9. The van der Waals surface area contributed by atoms with Crippen LogP contribution in [0.15, 0.2) is 0 Å². The lowest BCUT2D eigenvalue weighted by Gasteiger charge is -2.07. The predicted octanol–water partition coefficient (Wildman–Crippen LogP) is 2.96. The summed E-state index contributed by atoms with van der Waals surface area (Å²) in [6, 6.07) is 0. The SMILES string of the molecule is BrC1(Br)CCCS1. The van der Waals surface area contributed by atoms with Crippen molar-refractivity contribution in [3.05, 3.63) is 0 Å². The maximum absolute atomic E-state index is 3.52. The van der Waals surface area contributed by atoms with Crippen LogP contribution in [0.3, 0.4) is 0 Å². The molecule has 0 aliphatic carbocycles. The summed E-state index contributed by atoms with van der Waals surface area (Å²) in [7, 11) is 0. The predicted molar refractivity (Wildman–Crippen MR) is 42.3 cm³/mol. The highest BCUT2D eigenvalue weighted by Gasteiger charge is 2.27. The van der Waals surface area contributed by atoms with Crippen LogP contribution in [0.25, 0.3) is 0 Å². The molecule has 0 nitrogen and oxygen atoms in total. The van der Waals surface area contributed by atoms with Crippen LogP contribution in [0.2, 0.25) is 0 Å². The van der Waals surface area contributed by atoms with Crippen molar-refractivity contribution in [2.24, 2.45) is 0 Å². The standard InChI is InChI=1S/C4H6Br2S/c5-4(6)2-1-3-7-4/h1-3H2. The van der Waals surface area contributed by atoms with Gasteiger partial charge in [0.15, 0.2) is 0 Å². The quantitative estimate of drug-likeness (QED) is 0.592. The molecule has 0 aromatic heterocycles. The normalized spacial score (nSPS) is 28.3. The van der Waals surface area contributed by atoms with Crippen LogP contribution in [-0.4, -0.2) is 8.32 Å². The van der Waals surface area contributed by atoms with Crippen molar-refractivity contribution in [2.45, 2.75) is 15.4 Å². The van der Waals surface area contributed by atoms with E-state index in [0.717, 1.165) is 0 Å². The first-order valence-electron chi connectivity index (χ1n) is 2.22. The summed E-state index contributed by atoms with van der Waals surface area (Å²) < 4.78 is 0.236. The molecule has 1 fully saturated rings. The van der Waals surface area contributed by atoms with Gasteiger partial charge in [0.1, 0.15) is 2.57 Å². The Morgan fingerprint density at radius 3 is 2.29 bits per heavy atom. The third-order valence-corrected chi connectivity index (χ3v) is 4.21. The van der Waals surface area contributed by atoms with Gasteiger partial charge in [-0.2, -0.15) is 0 Å². The topological polar surface area (TPSA) is 0 Å². The fourth-order valence-corrected chi connectivity index (χ4v) is 2.98. The Hall–Kier alpha value is 1.31. The van der Waals surface area contributed by atoms with Gasteiger partial charge in [-0.1, -0.05) is 31.9 Å². The van der Waals surface area contributed by atoms with E-state index in [2.05, 4.69) is 31.9 Å². The second-order valence-electron chi connectivity index (χ2n) is 1.59. The minimum absolute atomic E-state index is 0.236. The largest absolute Gasteiger partial charge is 0.132 e. The number of halogens is 2.